The largest absolute Gasteiger partial charge is 0.466 e. The van der Waals surface area contributed by atoms with E-state index in [0.717, 1.165) is 19.3 Å². The molecule has 0 atom stereocenters. The molecule has 0 saturated carbocycles. The van der Waals surface area contributed by atoms with Crippen molar-refractivity contribution in [3.8, 4) is 0 Å². The smallest absolute Gasteiger partial charge is 0.305 e. The van der Waals surface area contributed by atoms with Crippen LogP contribution >= 0.6 is 0 Å². The van der Waals surface area contributed by atoms with Gasteiger partial charge in [-0.2, -0.15) is 0 Å². The Bertz CT molecular complexity index is 227. The van der Waals surface area contributed by atoms with Crippen LogP contribution in [0.2, 0.25) is 0 Å². The van der Waals surface area contributed by atoms with Crippen LogP contribution < -0.4 is 0 Å². The molecular weight excluding hydrogens is 236 g/mol. The first kappa shape index (κ1) is 16.9. The number of unbranched alkanes of at least 4 members (excludes halogenated alkanes) is 3. The van der Waals surface area contributed by atoms with Crippen molar-refractivity contribution in [2.75, 3.05) is 19.8 Å². The van der Waals surface area contributed by atoms with Crippen LogP contribution in [0.4, 0.5) is 0 Å². The highest BCUT2D eigenvalue weighted by atomic mass is 16.5. The predicted molar refractivity (Wildman–Crippen MR) is 67.0 cm³/mol. The van der Waals surface area contributed by atoms with Gasteiger partial charge in [0, 0.05) is 19.4 Å². The molecule has 0 aliphatic heterocycles. The summed E-state index contributed by atoms with van der Waals surface area (Å²) in [6.07, 6.45) is 4.46. The minimum atomic E-state index is -0.205. The Morgan fingerprint density at radius 1 is 0.889 bits per heavy atom. The van der Waals surface area contributed by atoms with Gasteiger partial charge in [0.05, 0.1) is 13.2 Å². The van der Waals surface area contributed by atoms with Crippen molar-refractivity contribution in [3.05, 3.63) is 0 Å². The fraction of sp³-hybridized carbons (Fsp3) is 0.846. The van der Waals surface area contributed by atoms with Crippen molar-refractivity contribution >= 4 is 11.9 Å². The lowest BCUT2D eigenvalue weighted by Gasteiger charge is -2.04. The summed E-state index contributed by atoms with van der Waals surface area (Å²) in [5, 5.41) is 8.56. The second-order valence-electron chi connectivity index (χ2n) is 4.02. The molecule has 1 N–H and O–H groups in total. The summed E-state index contributed by atoms with van der Waals surface area (Å²) in [7, 11) is 0. The highest BCUT2D eigenvalue weighted by Crippen LogP contribution is 2.03. The minimum absolute atomic E-state index is 0.170. The second kappa shape index (κ2) is 12.4. The van der Waals surface area contributed by atoms with E-state index in [1.807, 2.05) is 0 Å². The quantitative estimate of drug-likeness (QED) is 0.453. The van der Waals surface area contributed by atoms with Gasteiger partial charge in [0.25, 0.3) is 0 Å². The van der Waals surface area contributed by atoms with Crippen molar-refractivity contribution in [1.29, 1.82) is 0 Å². The maximum atomic E-state index is 11.2. The number of carbonyl (C=O) groups is 2. The first-order valence-electron chi connectivity index (χ1n) is 6.62. The summed E-state index contributed by atoms with van der Waals surface area (Å²) in [4.78, 5) is 22.2. The number of esters is 2. The van der Waals surface area contributed by atoms with Crippen LogP contribution in [0.3, 0.4) is 0 Å². The SMILES string of the molecule is CCOC(=O)CCCCOC(=O)CCCCCO. The Kier molecular flexibility index (Phi) is 11.6. The fourth-order valence-corrected chi connectivity index (χ4v) is 1.42. The number of hydrogen-bond acceptors (Lipinski definition) is 5. The summed E-state index contributed by atoms with van der Waals surface area (Å²) in [6, 6.07) is 0. The minimum Gasteiger partial charge on any atom is -0.466 e. The molecule has 0 amide bonds. The van der Waals surface area contributed by atoms with Gasteiger partial charge in [0.1, 0.15) is 0 Å². The van der Waals surface area contributed by atoms with Crippen LogP contribution in [0, 0.1) is 0 Å². The Hall–Kier alpha value is -1.10. The summed E-state index contributed by atoms with van der Waals surface area (Å²) in [6.45, 7) is 2.71. The summed E-state index contributed by atoms with van der Waals surface area (Å²) in [5.41, 5.74) is 0. The average Bonchev–Trinajstić information content (AvgIpc) is 2.34. The van der Waals surface area contributed by atoms with Crippen LogP contribution in [0.15, 0.2) is 0 Å². The van der Waals surface area contributed by atoms with Crippen LogP contribution in [0.25, 0.3) is 0 Å². The Labute approximate surface area is 108 Å². The van der Waals surface area contributed by atoms with Gasteiger partial charge >= 0.3 is 11.9 Å². The molecule has 0 radical (unpaired) electrons. The molecule has 0 aromatic carbocycles. The average molecular weight is 260 g/mol. The lowest BCUT2D eigenvalue weighted by atomic mass is 10.2. The molecular formula is C13H24O5. The second-order valence-corrected chi connectivity index (χ2v) is 4.02. The number of carbonyl (C=O) groups excluding carboxylic acids is 2. The zero-order valence-electron chi connectivity index (χ0n) is 11.2. The fourth-order valence-electron chi connectivity index (χ4n) is 1.42. The molecule has 0 aromatic rings. The molecule has 0 saturated heterocycles. The van der Waals surface area contributed by atoms with E-state index in [-0.39, 0.29) is 18.5 Å². The molecule has 0 aromatic heterocycles. The highest BCUT2D eigenvalue weighted by Gasteiger charge is 2.04. The van der Waals surface area contributed by atoms with Gasteiger partial charge in [-0.15, -0.1) is 0 Å². The Morgan fingerprint density at radius 2 is 1.50 bits per heavy atom. The van der Waals surface area contributed by atoms with E-state index in [9.17, 15) is 9.59 Å². The molecule has 0 fully saturated rings. The summed E-state index contributed by atoms with van der Waals surface area (Å²) in [5.74, 6) is -0.406. The standard InChI is InChI=1S/C13H24O5/c1-2-17-12(15)9-5-7-11-18-13(16)8-4-3-6-10-14/h14H,2-11H2,1H3. The first-order valence-corrected chi connectivity index (χ1v) is 6.62. The van der Waals surface area contributed by atoms with Crippen molar-refractivity contribution in [1.82, 2.24) is 0 Å². The highest BCUT2D eigenvalue weighted by molar-refractivity contribution is 5.69. The van der Waals surface area contributed by atoms with Gasteiger partial charge in [0.2, 0.25) is 0 Å². The zero-order chi connectivity index (χ0) is 13.6. The lowest BCUT2D eigenvalue weighted by molar-refractivity contribution is -0.144. The molecule has 0 heterocycles. The van der Waals surface area contributed by atoms with Crippen LogP contribution in [-0.2, 0) is 19.1 Å². The molecule has 18 heavy (non-hydrogen) atoms. The maximum absolute atomic E-state index is 11.2. The zero-order valence-corrected chi connectivity index (χ0v) is 11.2. The number of aliphatic hydroxyl groups excluding tert-OH is 1. The number of hydrogen-bond donors (Lipinski definition) is 1. The van der Waals surface area contributed by atoms with Gasteiger partial charge in [-0.1, -0.05) is 6.42 Å². The van der Waals surface area contributed by atoms with Crippen LogP contribution in [0.5, 0.6) is 0 Å². The van der Waals surface area contributed by atoms with Gasteiger partial charge in [-0.05, 0) is 32.6 Å². The van der Waals surface area contributed by atoms with E-state index in [2.05, 4.69) is 0 Å². The Balaban J connectivity index is 3.27. The third kappa shape index (κ3) is 11.4. The molecule has 5 nitrogen and oxygen atoms in total. The molecule has 106 valence electrons. The topological polar surface area (TPSA) is 72.8 Å². The van der Waals surface area contributed by atoms with E-state index in [1.54, 1.807) is 6.92 Å². The predicted octanol–water partition coefficient (Wildman–Crippen LogP) is 1.82. The molecule has 5 heteroatoms. The van der Waals surface area contributed by atoms with E-state index in [1.165, 1.54) is 0 Å². The van der Waals surface area contributed by atoms with Crippen molar-refractivity contribution in [3.63, 3.8) is 0 Å². The molecule has 0 unspecified atom stereocenters. The lowest BCUT2D eigenvalue weighted by Crippen LogP contribution is -2.07. The summed E-state index contributed by atoms with van der Waals surface area (Å²) < 4.78 is 9.79. The summed E-state index contributed by atoms with van der Waals surface area (Å²) >= 11 is 0. The number of ether oxygens (including phenoxy) is 2. The molecule has 0 bridgehead atoms. The van der Waals surface area contributed by atoms with Gasteiger partial charge < -0.3 is 14.6 Å². The van der Waals surface area contributed by atoms with Crippen LogP contribution in [-0.4, -0.2) is 36.9 Å². The van der Waals surface area contributed by atoms with Crippen LogP contribution in [0.1, 0.15) is 51.9 Å². The number of rotatable bonds is 11. The molecule has 0 spiro atoms. The molecule has 0 rings (SSSR count). The number of aliphatic hydroxyl groups is 1. The maximum Gasteiger partial charge on any atom is 0.305 e. The molecule has 0 aliphatic carbocycles. The van der Waals surface area contributed by atoms with Crippen molar-refractivity contribution in [2.24, 2.45) is 0 Å². The molecule has 0 aliphatic rings. The van der Waals surface area contributed by atoms with Gasteiger partial charge in [-0.25, -0.2) is 0 Å². The third-order valence-corrected chi connectivity index (χ3v) is 2.38. The third-order valence-electron chi connectivity index (χ3n) is 2.38. The monoisotopic (exact) mass is 260 g/mol. The van der Waals surface area contributed by atoms with Gasteiger partial charge in [0.15, 0.2) is 0 Å². The van der Waals surface area contributed by atoms with Gasteiger partial charge in [-0.3, -0.25) is 9.59 Å². The van der Waals surface area contributed by atoms with E-state index >= 15 is 0 Å². The Morgan fingerprint density at radius 3 is 2.11 bits per heavy atom. The van der Waals surface area contributed by atoms with E-state index < -0.39 is 0 Å². The van der Waals surface area contributed by atoms with E-state index in [4.69, 9.17) is 14.6 Å². The van der Waals surface area contributed by atoms with Crippen molar-refractivity contribution < 1.29 is 24.2 Å². The first-order chi connectivity index (χ1) is 8.70. The normalized spacial score (nSPS) is 10.1. The van der Waals surface area contributed by atoms with E-state index in [0.29, 0.717) is 38.9 Å². The van der Waals surface area contributed by atoms with Crippen molar-refractivity contribution in [2.45, 2.75) is 51.9 Å².